The summed E-state index contributed by atoms with van der Waals surface area (Å²) in [5.41, 5.74) is 9.26. The van der Waals surface area contributed by atoms with Crippen LogP contribution in [-0.2, 0) is 0 Å². The number of anilines is 3. The maximum atomic E-state index is 6.17. The van der Waals surface area contributed by atoms with Gasteiger partial charge in [0.15, 0.2) is 0 Å². The molecule has 94 valence electrons. The predicted molar refractivity (Wildman–Crippen MR) is 76.9 cm³/mol. The maximum Gasteiger partial charge on any atom is 0.122 e. The Hall–Kier alpha value is -1.87. The van der Waals surface area contributed by atoms with Crippen molar-refractivity contribution in [3.8, 4) is 5.75 Å². The minimum Gasteiger partial charge on any atom is -0.497 e. The van der Waals surface area contributed by atoms with Crippen LogP contribution in [0.2, 0.25) is 5.02 Å². The lowest BCUT2D eigenvalue weighted by Crippen LogP contribution is -1.96. The van der Waals surface area contributed by atoms with Crippen molar-refractivity contribution in [1.82, 2.24) is 0 Å². The van der Waals surface area contributed by atoms with Gasteiger partial charge in [0.05, 0.1) is 17.8 Å². The summed E-state index contributed by atoms with van der Waals surface area (Å²) in [6.45, 7) is 2.00. The molecule has 2 aromatic rings. The molecule has 3 nitrogen and oxygen atoms in total. The number of benzene rings is 2. The van der Waals surface area contributed by atoms with Gasteiger partial charge in [0.25, 0.3) is 0 Å². The van der Waals surface area contributed by atoms with Crippen molar-refractivity contribution in [2.24, 2.45) is 0 Å². The van der Waals surface area contributed by atoms with Crippen molar-refractivity contribution in [2.45, 2.75) is 6.92 Å². The molecular weight excluding hydrogens is 248 g/mol. The van der Waals surface area contributed by atoms with Gasteiger partial charge in [0, 0.05) is 23.5 Å². The van der Waals surface area contributed by atoms with Gasteiger partial charge < -0.3 is 15.8 Å². The predicted octanol–water partition coefficient (Wildman–Crippen LogP) is 3.98. The van der Waals surface area contributed by atoms with Gasteiger partial charge in [-0.1, -0.05) is 23.7 Å². The van der Waals surface area contributed by atoms with E-state index in [-0.39, 0.29) is 0 Å². The fourth-order valence-electron chi connectivity index (χ4n) is 1.75. The summed E-state index contributed by atoms with van der Waals surface area (Å²) >= 11 is 6.17. The number of methoxy groups -OCH3 is 1. The van der Waals surface area contributed by atoms with Crippen LogP contribution in [0.5, 0.6) is 5.75 Å². The van der Waals surface area contributed by atoms with Crippen molar-refractivity contribution in [1.29, 1.82) is 0 Å². The Balaban J connectivity index is 2.37. The summed E-state index contributed by atoms with van der Waals surface area (Å²) in [7, 11) is 1.61. The van der Waals surface area contributed by atoms with E-state index in [1.54, 1.807) is 13.2 Å². The van der Waals surface area contributed by atoms with Crippen molar-refractivity contribution >= 4 is 28.7 Å². The van der Waals surface area contributed by atoms with Crippen LogP contribution in [0, 0.1) is 6.92 Å². The molecule has 0 bridgehead atoms. The quantitative estimate of drug-likeness (QED) is 0.823. The third-order valence-corrected chi connectivity index (χ3v) is 2.97. The summed E-state index contributed by atoms with van der Waals surface area (Å²) in [6.07, 6.45) is 0. The first-order chi connectivity index (χ1) is 8.60. The lowest BCUT2D eigenvalue weighted by molar-refractivity contribution is 0.415. The Morgan fingerprint density at radius 1 is 1.22 bits per heavy atom. The van der Waals surface area contributed by atoms with Gasteiger partial charge >= 0.3 is 0 Å². The van der Waals surface area contributed by atoms with Gasteiger partial charge in [-0.2, -0.15) is 0 Å². The van der Waals surface area contributed by atoms with Crippen LogP contribution in [0.3, 0.4) is 0 Å². The molecule has 0 spiro atoms. The maximum absolute atomic E-state index is 6.17. The molecule has 0 aromatic heterocycles. The van der Waals surface area contributed by atoms with Crippen LogP contribution in [-0.4, -0.2) is 7.11 Å². The van der Waals surface area contributed by atoms with Crippen molar-refractivity contribution in [3.63, 3.8) is 0 Å². The molecular formula is C14H15ClN2O. The molecule has 0 saturated carbocycles. The molecule has 2 aromatic carbocycles. The van der Waals surface area contributed by atoms with Gasteiger partial charge in [-0.3, -0.25) is 0 Å². The number of ether oxygens (including phenoxy) is 1. The summed E-state index contributed by atoms with van der Waals surface area (Å²) in [5, 5.41) is 3.94. The Labute approximate surface area is 112 Å². The van der Waals surface area contributed by atoms with Crippen LogP contribution in [0.1, 0.15) is 5.56 Å². The molecule has 4 heteroatoms. The van der Waals surface area contributed by atoms with Crippen LogP contribution in [0.25, 0.3) is 0 Å². The number of rotatable bonds is 3. The van der Waals surface area contributed by atoms with E-state index in [1.807, 2.05) is 37.3 Å². The van der Waals surface area contributed by atoms with Crippen molar-refractivity contribution in [2.75, 3.05) is 18.2 Å². The second kappa shape index (κ2) is 5.19. The van der Waals surface area contributed by atoms with E-state index >= 15 is 0 Å². The molecule has 0 heterocycles. The van der Waals surface area contributed by atoms with E-state index in [4.69, 9.17) is 22.1 Å². The second-order valence-corrected chi connectivity index (χ2v) is 4.46. The van der Waals surface area contributed by atoms with Crippen LogP contribution in [0.4, 0.5) is 17.1 Å². The van der Waals surface area contributed by atoms with Crippen LogP contribution in [0.15, 0.2) is 36.4 Å². The monoisotopic (exact) mass is 262 g/mol. The van der Waals surface area contributed by atoms with Crippen molar-refractivity contribution in [3.05, 3.63) is 47.0 Å². The molecule has 0 unspecified atom stereocenters. The molecule has 0 aliphatic rings. The number of nitrogens with two attached hydrogens (primary N) is 1. The fraction of sp³-hybridized carbons (Fsp3) is 0.143. The first-order valence-corrected chi connectivity index (χ1v) is 5.94. The Morgan fingerprint density at radius 3 is 2.67 bits per heavy atom. The van der Waals surface area contributed by atoms with Crippen LogP contribution >= 0.6 is 11.6 Å². The summed E-state index contributed by atoms with van der Waals surface area (Å²) in [6, 6.07) is 11.2. The Bertz CT molecular complexity index is 549. The highest BCUT2D eigenvalue weighted by atomic mass is 35.5. The topological polar surface area (TPSA) is 47.3 Å². The Morgan fingerprint density at radius 2 is 2.00 bits per heavy atom. The van der Waals surface area contributed by atoms with Gasteiger partial charge in [0.2, 0.25) is 0 Å². The fourth-order valence-corrected chi connectivity index (χ4v) is 2.02. The molecule has 0 aliphatic heterocycles. The minimum atomic E-state index is 0.640. The average Bonchev–Trinajstić information content (AvgIpc) is 2.33. The number of hydrogen-bond acceptors (Lipinski definition) is 3. The van der Waals surface area contributed by atoms with Gasteiger partial charge in [-0.25, -0.2) is 0 Å². The number of hydrogen-bond donors (Lipinski definition) is 2. The highest BCUT2D eigenvalue weighted by molar-refractivity contribution is 6.33. The lowest BCUT2D eigenvalue weighted by atomic mass is 10.2. The highest BCUT2D eigenvalue weighted by Crippen LogP contribution is 2.31. The first-order valence-electron chi connectivity index (χ1n) is 5.57. The lowest BCUT2D eigenvalue weighted by Gasteiger charge is -2.13. The standard InChI is InChI=1S/C14H15ClN2O/c1-9-4-3-5-13(15)14(9)17-11-6-10(16)7-12(8-11)18-2/h3-8,17H,16H2,1-2H3. The van der Waals surface area contributed by atoms with Gasteiger partial charge in [-0.15, -0.1) is 0 Å². The third-order valence-electron chi connectivity index (χ3n) is 2.66. The summed E-state index contributed by atoms with van der Waals surface area (Å²) < 4.78 is 5.18. The zero-order chi connectivity index (χ0) is 13.1. The SMILES string of the molecule is COc1cc(N)cc(Nc2c(C)cccc2Cl)c1. The number of nitrogen functional groups attached to an aromatic ring is 1. The molecule has 0 radical (unpaired) electrons. The summed E-state index contributed by atoms with van der Waals surface area (Å²) in [5.74, 6) is 0.710. The normalized spacial score (nSPS) is 10.2. The Kier molecular flexibility index (Phi) is 3.63. The molecule has 0 saturated heterocycles. The molecule has 0 atom stereocenters. The minimum absolute atomic E-state index is 0.640. The number of halogens is 1. The zero-order valence-electron chi connectivity index (χ0n) is 10.3. The number of nitrogens with one attached hydrogen (secondary N) is 1. The van der Waals surface area contributed by atoms with E-state index in [0.29, 0.717) is 16.5 Å². The molecule has 2 rings (SSSR count). The molecule has 18 heavy (non-hydrogen) atoms. The largest absolute Gasteiger partial charge is 0.497 e. The average molecular weight is 263 g/mol. The smallest absolute Gasteiger partial charge is 0.122 e. The highest BCUT2D eigenvalue weighted by Gasteiger charge is 2.05. The van der Waals surface area contributed by atoms with E-state index < -0.39 is 0 Å². The first kappa shape index (κ1) is 12.6. The van der Waals surface area contributed by atoms with E-state index in [2.05, 4.69) is 5.32 Å². The summed E-state index contributed by atoms with van der Waals surface area (Å²) in [4.78, 5) is 0. The zero-order valence-corrected chi connectivity index (χ0v) is 11.1. The third kappa shape index (κ3) is 2.68. The molecule has 0 aliphatic carbocycles. The molecule has 3 N–H and O–H groups in total. The second-order valence-electron chi connectivity index (χ2n) is 4.05. The van der Waals surface area contributed by atoms with Gasteiger partial charge in [-0.05, 0) is 24.6 Å². The van der Waals surface area contributed by atoms with Gasteiger partial charge in [0.1, 0.15) is 5.75 Å². The molecule has 0 amide bonds. The van der Waals surface area contributed by atoms with Crippen LogP contribution < -0.4 is 15.8 Å². The van der Waals surface area contributed by atoms with E-state index in [9.17, 15) is 0 Å². The van der Waals surface area contributed by atoms with E-state index in [0.717, 1.165) is 16.9 Å². The van der Waals surface area contributed by atoms with E-state index in [1.165, 1.54) is 0 Å². The molecule has 0 fully saturated rings. The van der Waals surface area contributed by atoms with Crippen molar-refractivity contribution < 1.29 is 4.74 Å². The number of aryl methyl sites for hydroxylation is 1. The number of para-hydroxylation sites is 1.